The second-order valence-electron chi connectivity index (χ2n) is 2.94. The summed E-state index contributed by atoms with van der Waals surface area (Å²) in [6.45, 7) is 2.25. The largest absolute Gasteiger partial charge is 0.466 e. The molecule has 0 fully saturated rings. The van der Waals surface area contributed by atoms with Crippen molar-refractivity contribution in [2.24, 2.45) is 0 Å². The van der Waals surface area contributed by atoms with Gasteiger partial charge in [-0.15, -0.1) is 18.5 Å². The number of esters is 1. The Morgan fingerprint density at radius 1 is 1.43 bits per heavy atom. The average Bonchev–Trinajstić information content (AvgIpc) is 2.10. The SMILES string of the molecule is CCOC(=O)Cc1ccc(P)cc1P. The van der Waals surface area contributed by atoms with E-state index < -0.39 is 0 Å². The van der Waals surface area contributed by atoms with Crippen LogP contribution in [-0.4, -0.2) is 12.6 Å². The summed E-state index contributed by atoms with van der Waals surface area (Å²) in [6.07, 6.45) is 0.345. The van der Waals surface area contributed by atoms with E-state index in [-0.39, 0.29) is 5.97 Å². The fraction of sp³-hybridized carbons (Fsp3) is 0.300. The van der Waals surface area contributed by atoms with Gasteiger partial charge in [-0.25, -0.2) is 0 Å². The van der Waals surface area contributed by atoms with Crippen molar-refractivity contribution in [3.8, 4) is 0 Å². The second-order valence-corrected chi connectivity index (χ2v) is 4.23. The highest BCUT2D eigenvalue weighted by atomic mass is 31.0. The van der Waals surface area contributed by atoms with Crippen LogP contribution in [0.2, 0.25) is 0 Å². The number of benzene rings is 1. The van der Waals surface area contributed by atoms with E-state index in [1.165, 1.54) is 0 Å². The molecule has 0 spiro atoms. The van der Waals surface area contributed by atoms with Gasteiger partial charge >= 0.3 is 5.97 Å². The Labute approximate surface area is 88.8 Å². The summed E-state index contributed by atoms with van der Waals surface area (Å²) >= 11 is 0. The van der Waals surface area contributed by atoms with Crippen molar-refractivity contribution in [1.82, 2.24) is 0 Å². The van der Waals surface area contributed by atoms with Crippen LogP contribution in [0.15, 0.2) is 18.2 Å². The molecule has 4 heteroatoms. The van der Waals surface area contributed by atoms with Crippen molar-refractivity contribution >= 4 is 35.1 Å². The summed E-state index contributed by atoms with van der Waals surface area (Å²) in [5, 5.41) is 2.16. The van der Waals surface area contributed by atoms with Crippen molar-refractivity contribution in [1.29, 1.82) is 0 Å². The molecule has 0 heterocycles. The van der Waals surface area contributed by atoms with Gasteiger partial charge in [0.1, 0.15) is 0 Å². The number of hydrogen-bond acceptors (Lipinski definition) is 2. The van der Waals surface area contributed by atoms with Crippen molar-refractivity contribution in [2.75, 3.05) is 6.61 Å². The topological polar surface area (TPSA) is 26.3 Å². The van der Waals surface area contributed by atoms with E-state index in [9.17, 15) is 4.79 Å². The minimum atomic E-state index is -0.173. The van der Waals surface area contributed by atoms with Gasteiger partial charge in [-0.1, -0.05) is 12.1 Å². The lowest BCUT2D eigenvalue weighted by Gasteiger charge is -2.05. The molecule has 0 N–H and O–H groups in total. The zero-order valence-corrected chi connectivity index (χ0v) is 10.4. The summed E-state index contributed by atoms with van der Waals surface area (Å²) in [5.41, 5.74) is 1.000. The first kappa shape index (κ1) is 11.6. The van der Waals surface area contributed by atoms with Crippen LogP contribution in [0.5, 0.6) is 0 Å². The zero-order valence-electron chi connectivity index (χ0n) is 8.12. The molecule has 0 saturated carbocycles. The molecule has 0 aliphatic heterocycles. The predicted octanol–water partition coefficient (Wildman–Crippen LogP) is 0.793. The number of carbonyl (C=O) groups excluding carboxylic acids is 1. The third-order valence-corrected chi connectivity index (χ3v) is 2.71. The molecular formula is C10H14O2P2. The van der Waals surface area contributed by atoms with E-state index in [1.807, 2.05) is 25.1 Å². The number of ether oxygens (including phenoxy) is 1. The lowest BCUT2D eigenvalue weighted by molar-refractivity contribution is -0.142. The van der Waals surface area contributed by atoms with Crippen LogP contribution in [0.3, 0.4) is 0 Å². The molecule has 1 rings (SSSR count). The van der Waals surface area contributed by atoms with Gasteiger partial charge in [0.15, 0.2) is 0 Å². The Morgan fingerprint density at radius 2 is 2.14 bits per heavy atom. The first-order chi connectivity index (χ1) is 6.63. The van der Waals surface area contributed by atoms with E-state index in [4.69, 9.17) is 4.74 Å². The molecule has 0 saturated heterocycles. The van der Waals surface area contributed by atoms with Crippen LogP contribution in [-0.2, 0) is 16.0 Å². The molecule has 1 aromatic carbocycles. The molecule has 0 bridgehead atoms. The Balaban J connectivity index is 2.72. The maximum absolute atomic E-state index is 11.2. The molecule has 2 unspecified atom stereocenters. The third kappa shape index (κ3) is 3.36. The van der Waals surface area contributed by atoms with Crippen molar-refractivity contribution in [2.45, 2.75) is 13.3 Å². The van der Waals surface area contributed by atoms with E-state index in [0.717, 1.165) is 16.2 Å². The molecule has 76 valence electrons. The summed E-state index contributed by atoms with van der Waals surface area (Å²) < 4.78 is 4.88. The van der Waals surface area contributed by atoms with E-state index >= 15 is 0 Å². The number of hydrogen-bond donors (Lipinski definition) is 0. The summed E-state index contributed by atoms with van der Waals surface area (Å²) in [5.74, 6) is -0.173. The maximum atomic E-state index is 11.2. The molecule has 0 aliphatic carbocycles. The highest BCUT2D eigenvalue weighted by Crippen LogP contribution is 2.03. The highest BCUT2D eigenvalue weighted by molar-refractivity contribution is 7.29. The van der Waals surface area contributed by atoms with Crippen LogP contribution >= 0.6 is 18.5 Å². The van der Waals surface area contributed by atoms with Crippen LogP contribution in [0.25, 0.3) is 0 Å². The molecule has 0 aromatic heterocycles. The number of rotatable bonds is 3. The molecule has 0 radical (unpaired) electrons. The van der Waals surface area contributed by atoms with E-state index in [2.05, 4.69) is 18.5 Å². The molecular weight excluding hydrogens is 214 g/mol. The van der Waals surface area contributed by atoms with Crippen molar-refractivity contribution in [3.05, 3.63) is 23.8 Å². The first-order valence-corrected chi connectivity index (χ1v) is 5.58. The third-order valence-electron chi connectivity index (χ3n) is 1.81. The normalized spacial score (nSPS) is 9.93. The lowest BCUT2D eigenvalue weighted by Crippen LogP contribution is -2.14. The maximum Gasteiger partial charge on any atom is 0.310 e. The van der Waals surface area contributed by atoms with Gasteiger partial charge in [0, 0.05) is 0 Å². The molecule has 2 atom stereocenters. The van der Waals surface area contributed by atoms with E-state index in [1.54, 1.807) is 0 Å². The fourth-order valence-corrected chi connectivity index (χ4v) is 2.00. The van der Waals surface area contributed by atoms with Crippen LogP contribution in [0.1, 0.15) is 12.5 Å². The molecule has 1 aromatic rings. The fourth-order valence-electron chi connectivity index (χ4n) is 1.14. The minimum Gasteiger partial charge on any atom is -0.466 e. The summed E-state index contributed by atoms with van der Waals surface area (Å²) in [4.78, 5) is 11.2. The minimum absolute atomic E-state index is 0.173. The van der Waals surface area contributed by atoms with Crippen molar-refractivity contribution in [3.63, 3.8) is 0 Å². The smallest absolute Gasteiger partial charge is 0.310 e. The van der Waals surface area contributed by atoms with E-state index in [0.29, 0.717) is 13.0 Å². The van der Waals surface area contributed by atoms with Crippen LogP contribution in [0.4, 0.5) is 0 Å². The molecule has 2 nitrogen and oxygen atoms in total. The Kier molecular flexibility index (Phi) is 4.51. The quantitative estimate of drug-likeness (QED) is 0.565. The Morgan fingerprint density at radius 3 is 2.71 bits per heavy atom. The Hall–Kier alpha value is -0.450. The zero-order chi connectivity index (χ0) is 10.6. The van der Waals surface area contributed by atoms with Gasteiger partial charge in [0.2, 0.25) is 0 Å². The summed E-state index contributed by atoms with van der Waals surface area (Å²) in [7, 11) is 5.25. The van der Waals surface area contributed by atoms with Gasteiger partial charge in [-0.05, 0) is 29.2 Å². The van der Waals surface area contributed by atoms with Gasteiger partial charge in [0.25, 0.3) is 0 Å². The number of carbonyl (C=O) groups is 1. The second kappa shape index (κ2) is 5.44. The monoisotopic (exact) mass is 228 g/mol. The van der Waals surface area contributed by atoms with Gasteiger partial charge in [-0.2, -0.15) is 0 Å². The molecule has 14 heavy (non-hydrogen) atoms. The summed E-state index contributed by atoms with van der Waals surface area (Å²) in [6, 6.07) is 5.91. The molecule has 0 amide bonds. The van der Waals surface area contributed by atoms with Gasteiger partial charge in [0.05, 0.1) is 13.0 Å². The van der Waals surface area contributed by atoms with Crippen LogP contribution < -0.4 is 10.6 Å². The standard InChI is InChI=1S/C10H14O2P2/c1-2-12-10(11)5-7-3-4-8(13)6-9(7)14/h3-4,6H,2,5,13-14H2,1H3. The van der Waals surface area contributed by atoms with Crippen molar-refractivity contribution < 1.29 is 9.53 Å². The van der Waals surface area contributed by atoms with Crippen LogP contribution in [0, 0.1) is 0 Å². The van der Waals surface area contributed by atoms with Gasteiger partial charge in [-0.3, -0.25) is 4.79 Å². The van der Waals surface area contributed by atoms with Gasteiger partial charge < -0.3 is 4.74 Å². The first-order valence-electron chi connectivity index (χ1n) is 4.43. The lowest BCUT2D eigenvalue weighted by atomic mass is 10.1. The predicted molar refractivity (Wildman–Crippen MR) is 65.5 cm³/mol. The Bertz CT molecular complexity index is 337. The highest BCUT2D eigenvalue weighted by Gasteiger charge is 2.06. The molecule has 0 aliphatic rings. The average molecular weight is 228 g/mol.